The Labute approximate surface area is 171 Å². The number of aromatic nitrogens is 4. The van der Waals surface area contributed by atoms with E-state index < -0.39 is 0 Å². The molecule has 0 unspecified atom stereocenters. The molecule has 0 aliphatic rings. The maximum Gasteiger partial charge on any atom is 0.233 e. The van der Waals surface area contributed by atoms with Crippen LogP contribution in [-0.2, 0) is 0 Å². The lowest BCUT2D eigenvalue weighted by Crippen LogP contribution is -2.01. The molecular formula is C21H17ClN4O3. The maximum atomic E-state index is 11.6. The zero-order valence-corrected chi connectivity index (χ0v) is 16.8. The Hall–Kier alpha value is -3.45. The van der Waals surface area contributed by atoms with E-state index in [1.165, 1.54) is 20.4 Å². The highest BCUT2D eigenvalue weighted by atomic mass is 35.5. The number of carbonyl (C=O) groups is 1. The number of hydrogen-bond donors (Lipinski definition) is 0. The van der Waals surface area contributed by atoms with E-state index in [1.54, 1.807) is 29.1 Å². The molecule has 4 rings (SSSR count). The minimum absolute atomic E-state index is 0.0579. The van der Waals surface area contributed by atoms with Crippen molar-refractivity contribution >= 4 is 28.4 Å². The van der Waals surface area contributed by atoms with Gasteiger partial charge in [-0.1, -0.05) is 17.7 Å². The van der Waals surface area contributed by atoms with Crippen molar-refractivity contribution in [3.63, 3.8) is 0 Å². The van der Waals surface area contributed by atoms with Gasteiger partial charge in [0.05, 0.1) is 19.0 Å². The van der Waals surface area contributed by atoms with Crippen LogP contribution >= 0.6 is 11.6 Å². The Kier molecular flexibility index (Phi) is 4.90. The van der Waals surface area contributed by atoms with E-state index in [0.29, 0.717) is 39.0 Å². The van der Waals surface area contributed by atoms with Gasteiger partial charge in [-0.2, -0.15) is 5.10 Å². The molecule has 29 heavy (non-hydrogen) atoms. The quantitative estimate of drug-likeness (QED) is 0.442. The summed E-state index contributed by atoms with van der Waals surface area (Å²) >= 11 is 6.16. The molecule has 4 aromatic rings. The summed E-state index contributed by atoms with van der Waals surface area (Å²) in [6.45, 7) is 3.47. The Balaban J connectivity index is 1.78. The van der Waals surface area contributed by atoms with Crippen molar-refractivity contribution in [3.05, 3.63) is 65.1 Å². The molecule has 7 nitrogen and oxygen atoms in total. The summed E-state index contributed by atoms with van der Waals surface area (Å²) in [4.78, 5) is 20.2. The first kappa shape index (κ1) is 18.9. The van der Waals surface area contributed by atoms with Crippen molar-refractivity contribution in [2.45, 2.75) is 13.8 Å². The van der Waals surface area contributed by atoms with Crippen molar-refractivity contribution in [2.75, 3.05) is 7.11 Å². The van der Waals surface area contributed by atoms with Gasteiger partial charge >= 0.3 is 0 Å². The normalized spacial score (nSPS) is 10.9. The Morgan fingerprint density at radius 3 is 2.69 bits per heavy atom. The van der Waals surface area contributed by atoms with Crippen LogP contribution in [0.25, 0.3) is 16.7 Å². The fraction of sp³-hybridized carbons (Fsp3) is 0.143. The number of ether oxygens (including phenoxy) is 2. The van der Waals surface area contributed by atoms with Gasteiger partial charge in [0.15, 0.2) is 22.9 Å². The topological polar surface area (TPSA) is 79.1 Å². The van der Waals surface area contributed by atoms with E-state index >= 15 is 0 Å². The molecule has 0 fully saturated rings. The van der Waals surface area contributed by atoms with E-state index in [0.717, 1.165) is 11.3 Å². The fourth-order valence-corrected chi connectivity index (χ4v) is 3.13. The largest absolute Gasteiger partial charge is 0.493 e. The third-order valence-corrected chi connectivity index (χ3v) is 4.74. The summed E-state index contributed by atoms with van der Waals surface area (Å²) in [5, 5.41) is 5.69. The van der Waals surface area contributed by atoms with Crippen molar-refractivity contribution in [1.82, 2.24) is 19.7 Å². The predicted octanol–water partition coefficient (Wildman–Crippen LogP) is 4.78. The lowest BCUT2D eigenvalue weighted by atomic mass is 10.1. The molecule has 0 saturated heterocycles. The number of ketones is 1. The highest BCUT2D eigenvalue weighted by Gasteiger charge is 2.16. The molecule has 2 aromatic heterocycles. The smallest absolute Gasteiger partial charge is 0.233 e. The number of Topliss-reactive ketones (excluding diaryl/α,β-unsaturated/α-hetero) is 1. The van der Waals surface area contributed by atoms with Gasteiger partial charge in [0, 0.05) is 10.6 Å². The van der Waals surface area contributed by atoms with Gasteiger partial charge in [0.1, 0.15) is 11.7 Å². The predicted molar refractivity (Wildman–Crippen MR) is 109 cm³/mol. The number of hydrogen-bond acceptors (Lipinski definition) is 6. The molecule has 2 aromatic carbocycles. The van der Waals surface area contributed by atoms with Crippen molar-refractivity contribution in [1.29, 1.82) is 0 Å². The summed E-state index contributed by atoms with van der Waals surface area (Å²) in [5.41, 5.74) is 2.94. The first-order valence-electron chi connectivity index (χ1n) is 8.80. The molecule has 2 heterocycles. The molecule has 146 valence electrons. The number of rotatable bonds is 5. The molecule has 0 aliphatic heterocycles. The van der Waals surface area contributed by atoms with Gasteiger partial charge in [-0.15, -0.1) is 0 Å². The first-order valence-corrected chi connectivity index (χ1v) is 9.18. The number of methoxy groups -OCH3 is 1. The average Bonchev–Trinajstić information content (AvgIpc) is 3.15. The number of fused-ring (bicyclic) bond motifs is 1. The monoisotopic (exact) mass is 408 g/mol. The van der Waals surface area contributed by atoms with Crippen LogP contribution in [0, 0.1) is 6.92 Å². The van der Waals surface area contributed by atoms with Crippen LogP contribution in [0.2, 0.25) is 5.02 Å². The summed E-state index contributed by atoms with van der Waals surface area (Å²) in [7, 11) is 1.52. The Morgan fingerprint density at radius 2 is 1.93 bits per heavy atom. The van der Waals surface area contributed by atoms with Gasteiger partial charge in [-0.25, -0.2) is 14.6 Å². The standard InChI is InChI=1S/C21H17ClN4O3/c1-12-4-6-15(22)9-17(12)26-20-16(10-25-26)21(24-11-23-20)29-18-7-5-14(13(2)27)8-19(18)28-3/h4-11H,1-3H3. The zero-order chi connectivity index (χ0) is 20.5. The number of carbonyl (C=O) groups excluding carboxylic acids is 1. The third-order valence-electron chi connectivity index (χ3n) is 4.51. The van der Waals surface area contributed by atoms with Gasteiger partial charge in [-0.05, 0) is 49.7 Å². The molecule has 0 N–H and O–H groups in total. The summed E-state index contributed by atoms with van der Waals surface area (Å²) in [5.74, 6) is 1.14. The summed E-state index contributed by atoms with van der Waals surface area (Å²) in [6, 6.07) is 10.6. The van der Waals surface area contributed by atoms with Crippen molar-refractivity contribution in [2.24, 2.45) is 0 Å². The van der Waals surface area contributed by atoms with Gasteiger partial charge < -0.3 is 9.47 Å². The zero-order valence-electron chi connectivity index (χ0n) is 16.0. The van der Waals surface area contributed by atoms with E-state index in [9.17, 15) is 4.79 Å². The molecule has 0 aliphatic carbocycles. The lowest BCUT2D eigenvalue weighted by Gasteiger charge is -2.11. The summed E-state index contributed by atoms with van der Waals surface area (Å²) in [6.07, 6.45) is 3.05. The Morgan fingerprint density at radius 1 is 1.10 bits per heavy atom. The first-order chi connectivity index (χ1) is 14.0. The number of aryl methyl sites for hydroxylation is 1. The SMILES string of the molecule is COc1cc(C(C)=O)ccc1Oc1ncnc2c1cnn2-c1cc(Cl)ccc1C. The van der Waals surface area contributed by atoms with Crippen LogP contribution in [0.1, 0.15) is 22.8 Å². The second kappa shape index (κ2) is 7.52. The maximum absolute atomic E-state index is 11.6. The number of halogens is 1. The van der Waals surface area contributed by atoms with Gasteiger partial charge in [0.2, 0.25) is 5.88 Å². The highest BCUT2D eigenvalue weighted by molar-refractivity contribution is 6.30. The van der Waals surface area contributed by atoms with Crippen LogP contribution in [0.3, 0.4) is 0 Å². The van der Waals surface area contributed by atoms with Gasteiger partial charge in [-0.3, -0.25) is 4.79 Å². The van der Waals surface area contributed by atoms with Crippen LogP contribution in [0.15, 0.2) is 48.9 Å². The third kappa shape index (κ3) is 3.52. The van der Waals surface area contributed by atoms with Crippen LogP contribution in [-0.4, -0.2) is 32.6 Å². The van der Waals surface area contributed by atoms with E-state index in [4.69, 9.17) is 21.1 Å². The van der Waals surface area contributed by atoms with Gasteiger partial charge in [0.25, 0.3) is 0 Å². The highest BCUT2D eigenvalue weighted by Crippen LogP contribution is 2.34. The number of nitrogens with zero attached hydrogens (tertiary/aromatic N) is 4. The minimum atomic E-state index is -0.0579. The van der Waals surface area contributed by atoms with E-state index in [-0.39, 0.29) is 5.78 Å². The van der Waals surface area contributed by atoms with E-state index in [2.05, 4.69) is 15.1 Å². The summed E-state index contributed by atoms with van der Waals surface area (Å²) < 4.78 is 13.0. The fourth-order valence-electron chi connectivity index (χ4n) is 2.97. The lowest BCUT2D eigenvalue weighted by molar-refractivity contribution is 0.101. The number of benzene rings is 2. The van der Waals surface area contributed by atoms with Crippen molar-refractivity contribution in [3.8, 4) is 23.1 Å². The molecule has 8 heteroatoms. The second-order valence-electron chi connectivity index (χ2n) is 6.43. The molecular weight excluding hydrogens is 392 g/mol. The van der Waals surface area contributed by atoms with Crippen LogP contribution in [0.4, 0.5) is 0 Å². The van der Waals surface area contributed by atoms with Crippen LogP contribution < -0.4 is 9.47 Å². The minimum Gasteiger partial charge on any atom is -0.493 e. The molecule has 0 amide bonds. The van der Waals surface area contributed by atoms with Crippen molar-refractivity contribution < 1.29 is 14.3 Å². The molecule has 0 saturated carbocycles. The average molecular weight is 409 g/mol. The molecule has 0 atom stereocenters. The molecule has 0 radical (unpaired) electrons. The van der Waals surface area contributed by atoms with E-state index in [1.807, 2.05) is 25.1 Å². The second-order valence-corrected chi connectivity index (χ2v) is 6.86. The Bertz CT molecular complexity index is 1240. The molecule has 0 bridgehead atoms. The molecule has 0 spiro atoms. The van der Waals surface area contributed by atoms with Crippen LogP contribution in [0.5, 0.6) is 17.4 Å².